The van der Waals surface area contributed by atoms with Gasteiger partial charge in [-0.25, -0.2) is 0 Å². The van der Waals surface area contributed by atoms with Gasteiger partial charge in [0, 0.05) is 29.9 Å². The van der Waals surface area contributed by atoms with Crippen LogP contribution in [0.4, 0.5) is 5.69 Å². The number of amides is 1. The molecule has 1 saturated heterocycles. The Morgan fingerprint density at radius 2 is 2.05 bits per heavy atom. The Hall–Kier alpha value is -0.870. The van der Waals surface area contributed by atoms with Crippen LogP contribution in [-0.2, 0) is 14.9 Å². The second kappa shape index (κ2) is 5.15. The highest BCUT2D eigenvalue weighted by Gasteiger charge is 2.44. The first-order chi connectivity index (χ1) is 9.50. The highest BCUT2D eigenvalue weighted by molar-refractivity contribution is 9.10. The third kappa shape index (κ3) is 2.29. The largest absolute Gasteiger partial charge is 0.381 e. The Balaban J connectivity index is 1.91. The maximum atomic E-state index is 12.7. The van der Waals surface area contributed by atoms with E-state index in [9.17, 15) is 4.79 Å². The second-order valence-corrected chi connectivity index (χ2v) is 7.17. The number of halogens is 1. The first-order valence-corrected chi connectivity index (χ1v) is 7.99. The minimum absolute atomic E-state index is 0.220. The van der Waals surface area contributed by atoms with E-state index in [1.54, 1.807) is 0 Å². The Morgan fingerprint density at radius 3 is 2.75 bits per heavy atom. The molecule has 2 heterocycles. The number of fused-ring (bicyclic) bond motifs is 1. The van der Waals surface area contributed by atoms with Gasteiger partial charge in [-0.2, -0.15) is 0 Å². The molecule has 0 unspecified atom stereocenters. The average molecular weight is 338 g/mol. The molecule has 4 heteroatoms. The summed E-state index contributed by atoms with van der Waals surface area (Å²) in [6.45, 7) is 6.50. The van der Waals surface area contributed by atoms with Crippen molar-refractivity contribution in [1.29, 1.82) is 0 Å². The number of anilines is 1. The third-order valence-electron chi connectivity index (χ3n) is 4.49. The summed E-state index contributed by atoms with van der Waals surface area (Å²) in [5.41, 5.74) is 1.79. The van der Waals surface area contributed by atoms with E-state index < -0.39 is 5.41 Å². The molecule has 3 rings (SSSR count). The van der Waals surface area contributed by atoms with Crippen LogP contribution in [0.25, 0.3) is 0 Å². The van der Waals surface area contributed by atoms with E-state index in [1.165, 1.54) is 0 Å². The zero-order valence-corrected chi connectivity index (χ0v) is 13.6. The molecule has 0 N–H and O–H groups in total. The normalized spacial score (nSPS) is 22.1. The number of carbonyl (C=O) groups is 1. The number of ether oxygens (including phenoxy) is 1. The van der Waals surface area contributed by atoms with Crippen LogP contribution in [0, 0.1) is 5.92 Å². The Labute approximate surface area is 128 Å². The van der Waals surface area contributed by atoms with Crippen LogP contribution in [0.1, 0.15) is 32.3 Å². The smallest absolute Gasteiger partial charge is 0.237 e. The summed E-state index contributed by atoms with van der Waals surface area (Å²) in [6, 6.07) is 6.16. The van der Waals surface area contributed by atoms with Crippen LogP contribution in [0.3, 0.4) is 0 Å². The number of rotatable bonds is 2. The number of hydrogen-bond donors (Lipinski definition) is 0. The van der Waals surface area contributed by atoms with E-state index in [2.05, 4.69) is 28.1 Å². The van der Waals surface area contributed by atoms with Crippen LogP contribution in [0.2, 0.25) is 0 Å². The maximum Gasteiger partial charge on any atom is 0.237 e. The van der Waals surface area contributed by atoms with Crippen LogP contribution in [0.5, 0.6) is 0 Å². The minimum Gasteiger partial charge on any atom is -0.381 e. The lowest BCUT2D eigenvalue weighted by Crippen LogP contribution is -2.40. The molecule has 0 saturated carbocycles. The molecular formula is C16H20BrNO2. The maximum absolute atomic E-state index is 12.7. The number of hydrogen-bond acceptors (Lipinski definition) is 2. The molecule has 1 aromatic rings. The van der Waals surface area contributed by atoms with Gasteiger partial charge in [-0.05, 0) is 50.3 Å². The van der Waals surface area contributed by atoms with Gasteiger partial charge in [0.25, 0.3) is 0 Å². The fourth-order valence-electron chi connectivity index (χ4n) is 3.19. The van der Waals surface area contributed by atoms with Gasteiger partial charge < -0.3 is 9.64 Å². The molecule has 1 amide bonds. The molecule has 0 bridgehead atoms. The van der Waals surface area contributed by atoms with Crippen molar-refractivity contribution in [2.45, 2.75) is 32.1 Å². The molecule has 1 aromatic carbocycles. The summed E-state index contributed by atoms with van der Waals surface area (Å²) in [6.07, 6.45) is 2.10. The molecule has 2 aliphatic rings. The van der Waals surface area contributed by atoms with E-state index in [0.717, 1.165) is 48.3 Å². The van der Waals surface area contributed by atoms with E-state index >= 15 is 0 Å². The monoisotopic (exact) mass is 337 g/mol. The van der Waals surface area contributed by atoms with Gasteiger partial charge in [-0.15, -0.1) is 0 Å². The summed E-state index contributed by atoms with van der Waals surface area (Å²) >= 11 is 3.52. The fourth-order valence-corrected chi connectivity index (χ4v) is 3.54. The second-order valence-electron chi connectivity index (χ2n) is 6.26. The number of nitrogens with zero attached hydrogens (tertiary/aromatic N) is 1. The lowest BCUT2D eigenvalue weighted by Gasteiger charge is -2.28. The molecular weight excluding hydrogens is 318 g/mol. The fraction of sp³-hybridized carbons (Fsp3) is 0.562. The van der Waals surface area contributed by atoms with Crippen LogP contribution in [0.15, 0.2) is 22.7 Å². The molecule has 0 atom stereocenters. The summed E-state index contributed by atoms with van der Waals surface area (Å²) in [5.74, 6) is 0.769. The molecule has 3 nitrogen and oxygen atoms in total. The summed E-state index contributed by atoms with van der Waals surface area (Å²) < 4.78 is 6.44. The van der Waals surface area contributed by atoms with Gasteiger partial charge in [0.2, 0.25) is 5.91 Å². The van der Waals surface area contributed by atoms with Crippen molar-refractivity contribution in [3.05, 3.63) is 28.2 Å². The highest BCUT2D eigenvalue weighted by Crippen LogP contribution is 2.43. The van der Waals surface area contributed by atoms with Gasteiger partial charge in [0.1, 0.15) is 0 Å². The Kier molecular flexibility index (Phi) is 3.63. The van der Waals surface area contributed by atoms with Crippen LogP contribution < -0.4 is 4.90 Å². The van der Waals surface area contributed by atoms with Crippen LogP contribution >= 0.6 is 15.9 Å². The molecule has 2 aliphatic heterocycles. The zero-order valence-electron chi connectivity index (χ0n) is 12.0. The summed E-state index contributed by atoms with van der Waals surface area (Å²) in [7, 11) is 0. The highest BCUT2D eigenvalue weighted by atomic mass is 79.9. The van der Waals surface area contributed by atoms with Gasteiger partial charge in [-0.1, -0.05) is 22.0 Å². The third-order valence-corrected chi connectivity index (χ3v) is 4.98. The van der Waals surface area contributed by atoms with Gasteiger partial charge in [0.15, 0.2) is 0 Å². The Morgan fingerprint density at radius 1 is 1.35 bits per heavy atom. The molecule has 0 radical (unpaired) electrons. The van der Waals surface area contributed by atoms with Gasteiger partial charge in [0.05, 0.1) is 5.41 Å². The van der Waals surface area contributed by atoms with Crippen molar-refractivity contribution < 1.29 is 9.53 Å². The first kappa shape index (κ1) is 14.1. The summed E-state index contributed by atoms with van der Waals surface area (Å²) in [4.78, 5) is 14.7. The predicted octanol–water partition coefficient (Wildman–Crippen LogP) is 3.50. The molecule has 0 aromatic heterocycles. The quantitative estimate of drug-likeness (QED) is 0.826. The average Bonchev–Trinajstić information content (AvgIpc) is 2.61. The molecule has 20 heavy (non-hydrogen) atoms. The number of benzene rings is 1. The predicted molar refractivity (Wildman–Crippen MR) is 83.1 cm³/mol. The van der Waals surface area contributed by atoms with Gasteiger partial charge >= 0.3 is 0 Å². The number of carbonyl (C=O) groups excluding carboxylic acids is 1. The van der Waals surface area contributed by atoms with Crippen molar-refractivity contribution in [2.24, 2.45) is 5.92 Å². The van der Waals surface area contributed by atoms with Crippen LogP contribution in [-0.4, -0.2) is 25.7 Å². The van der Waals surface area contributed by atoms with Crippen molar-refractivity contribution in [1.82, 2.24) is 0 Å². The van der Waals surface area contributed by atoms with Crippen molar-refractivity contribution in [2.75, 3.05) is 24.7 Å². The minimum atomic E-state index is -0.415. The lowest BCUT2D eigenvalue weighted by atomic mass is 9.86. The van der Waals surface area contributed by atoms with Crippen molar-refractivity contribution in [3.63, 3.8) is 0 Å². The molecule has 1 fully saturated rings. The standard InChI is InChI=1S/C16H20BrNO2/c1-16(2)13-4-3-12(17)9-14(13)18(15(16)19)10-11-5-7-20-8-6-11/h3-4,9,11H,5-8,10H2,1-2H3. The summed E-state index contributed by atoms with van der Waals surface area (Å²) in [5, 5.41) is 0. The topological polar surface area (TPSA) is 29.5 Å². The molecule has 0 aliphatic carbocycles. The van der Waals surface area contributed by atoms with Gasteiger partial charge in [-0.3, -0.25) is 4.79 Å². The Bertz CT molecular complexity index is 535. The van der Waals surface area contributed by atoms with Crippen molar-refractivity contribution >= 4 is 27.5 Å². The van der Waals surface area contributed by atoms with E-state index in [-0.39, 0.29) is 5.91 Å². The van der Waals surface area contributed by atoms with Crippen molar-refractivity contribution in [3.8, 4) is 0 Å². The SMILES string of the molecule is CC1(C)C(=O)N(CC2CCOCC2)c2cc(Br)ccc21. The van der Waals surface area contributed by atoms with E-state index in [4.69, 9.17) is 4.74 Å². The zero-order chi connectivity index (χ0) is 14.3. The molecule has 108 valence electrons. The first-order valence-electron chi connectivity index (χ1n) is 7.20. The van der Waals surface area contributed by atoms with E-state index in [0.29, 0.717) is 5.92 Å². The van der Waals surface area contributed by atoms with E-state index in [1.807, 2.05) is 24.8 Å². The lowest BCUT2D eigenvalue weighted by molar-refractivity contribution is -0.122. The molecule has 0 spiro atoms.